The number of piperidine rings is 1. The van der Waals surface area contributed by atoms with Gasteiger partial charge in [0.25, 0.3) is 0 Å². The van der Waals surface area contributed by atoms with Gasteiger partial charge >= 0.3 is 0 Å². The molecule has 0 unspecified atom stereocenters. The molecule has 0 bridgehead atoms. The van der Waals surface area contributed by atoms with E-state index in [0.717, 1.165) is 42.0 Å². The maximum absolute atomic E-state index is 11.2. The number of carbonyl (C=O) groups is 1. The van der Waals surface area contributed by atoms with E-state index in [1.54, 1.807) is 11.3 Å². The van der Waals surface area contributed by atoms with Gasteiger partial charge in [0.15, 0.2) is 0 Å². The molecule has 20 heavy (non-hydrogen) atoms. The molecule has 0 saturated carbocycles. The number of fused-ring (bicyclic) bond motifs is 1. The monoisotopic (exact) mass is 291 g/mol. The van der Waals surface area contributed by atoms with Crippen molar-refractivity contribution in [1.29, 1.82) is 0 Å². The van der Waals surface area contributed by atoms with Crippen molar-refractivity contribution in [3.63, 3.8) is 0 Å². The Morgan fingerprint density at radius 2 is 2.10 bits per heavy atom. The maximum atomic E-state index is 11.2. The Kier molecular flexibility index (Phi) is 3.21. The lowest BCUT2D eigenvalue weighted by atomic mass is 9.96. The molecule has 2 aromatic heterocycles. The van der Waals surface area contributed by atoms with Crippen molar-refractivity contribution in [2.75, 3.05) is 23.7 Å². The Bertz CT molecular complexity index is 660. The zero-order valence-corrected chi connectivity index (χ0v) is 12.1. The molecule has 0 spiro atoms. The van der Waals surface area contributed by atoms with E-state index in [9.17, 15) is 4.79 Å². The molecule has 1 aliphatic rings. The summed E-state index contributed by atoms with van der Waals surface area (Å²) >= 11 is 1.62. The fourth-order valence-electron chi connectivity index (χ4n) is 2.66. The van der Waals surface area contributed by atoms with Crippen LogP contribution in [0.3, 0.4) is 0 Å². The first-order chi connectivity index (χ1) is 9.54. The zero-order chi connectivity index (χ0) is 14.3. The predicted octanol–water partition coefficient (Wildman–Crippen LogP) is 1.28. The molecule has 3 heterocycles. The number of amides is 1. The third-order valence-electron chi connectivity index (χ3n) is 3.71. The van der Waals surface area contributed by atoms with Gasteiger partial charge in [-0.25, -0.2) is 4.98 Å². The first kappa shape index (κ1) is 13.1. The molecule has 1 fully saturated rings. The molecule has 0 aliphatic carbocycles. The van der Waals surface area contributed by atoms with E-state index in [1.165, 1.54) is 4.88 Å². The largest absolute Gasteiger partial charge is 0.369 e. The van der Waals surface area contributed by atoms with E-state index in [2.05, 4.69) is 20.9 Å². The quantitative estimate of drug-likeness (QED) is 0.868. The first-order valence-electron chi connectivity index (χ1n) is 6.62. The van der Waals surface area contributed by atoms with Gasteiger partial charge < -0.3 is 16.4 Å². The minimum absolute atomic E-state index is 0.0230. The number of thiophene rings is 1. The number of nitrogens with zero attached hydrogens (tertiary/aromatic N) is 3. The Labute approximate surface area is 120 Å². The number of carbonyl (C=O) groups excluding carboxylic acids is 1. The van der Waals surface area contributed by atoms with Crippen LogP contribution in [-0.4, -0.2) is 29.0 Å². The van der Waals surface area contributed by atoms with Crippen molar-refractivity contribution in [2.24, 2.45) is 11.7 Å². The van der Waals surface area contributed by atoms with Crippen LogP contribution in [0.4, 0.5) is 11.8 Å². The van der Waals surface area contributed by atoms with E-state index < -0.39 is 0 Å². The summed E-state index contributed by atoms with van der Waals surface area (Å²) in [6.07, 6.45) is 1.54. The van der Waals surface area contributed by atoms with Gasteiger partial charge in [-0.15, -0.1) is 11.3 Å². The number of primary amides is 1. The van der Waals surface area contributed by atoms with Gasteiger partial charge in [-0.2, -0.15) is 4.98 Å². The highest BCUT2D eigenvalue weighted by Crippen LogP contribution is 2.33. The van der Waals surface area contributed by atoms with Crippen molar-refractivity contribution in [3.8, 4) is 0 Å². The lowest BCUT2D eigenvalue weighted by Crippen LogP contribution is -2.39. The Morgan fingerprint density at radius 3 is 2.75 bits per heavy atom. The van der Waals surface area contributed by atoms with E-state index in [0.29, 0.717) is 5.95 Å². The van der Waals surface area contributed by atoms with Crippen molar-refractivity contribution in [2.45, 2.75) is 19.8 Å². The summed E-state index contributed by atoms with van der Waals surface area (Å²) in [4.78, 5) is 24.2. The first-order valence-corrected chi connectivity index (χ1v) is 7.44. The molecule has 0 radical (unpaired) electrons. The molecule has 0 aromatic carbocycles. The Morgan fingerprint density at radius 1 is 1.40 bits per heavy atom. The van der Waals surface area contributed by atoms with Gasteiger partial charge in [0, 0.05) is 23.9 Å². The van der Waals surface area contributed by atoms with Crippen molar-refractivity contribution >= 4 is 39.2 Å². The fourth-order valence-corrected chi connectivity index (χ4v) is 3.54. The molecule has 1 saturated heterocycles. The number of aryl methyl sites for hydroxylation is 1. The molecule has 4 N–H and O–H groups in total. The van der Waals surface area contributed by atoms with Crippen LogP contribution < -0.4 is 16.4 Å². The molecule has 1 amide bonds. The molecule has 2 aromatic rings. The van der Waals surface area contributed by atoms with Crippen LogP contribution in [-0.2, 0) is 4.79 Å². The molecule has 6 nitrogen and oxygen atoms in total. The van der Waals surface area contributed by atoms with E-state index in [-0.39, 0.29) is 11.8 Å². The summed E-state index contributed by atoms with van der Waals surface area (Å²) in [5, 5.41) is 1.04. The van der Waals surface area contributed by atoms with Gasteiger partial charge in [0.1, 0.15) is 10.6 Å². The second-order valence-electron chi connectivity index (χ2n) is 5.14. The summed E-state index contributed by atoms with van der Waals surface area (Å²) in [6, 6.07) is 2.09. The highest BCUT2D eigenvalue weighted by molar-refractivity contribution is 7.18. The summed E-state index contributed by atoms with van der Waals surface area (Å²) in [6.45, 7) is 3.59. The number of nitrogens with two attached hydrogens (primary N) is 2. The summed E-state index contributed by atoms with van der Waals surface area (Å²) < 4.78 is 0. The van der Waals surface area contributed by atoms with E-state index in [1.807, 2.05) is 6.92 Å². The lowest BCUT2D eigenvalue weighted by molar-refractivity contribution is -0.122. The van der Waals surface area contributed by atoms with Crippen LogP contribution in [0.15, 0.2) is 6.07 Å². The predicted molar refractivity (Wildman–Crippen MR) is 80.7 cm³/mol. The van der Waals surface area contributed by atoms with Crippen molar-refractivity contribution in [3.05, 3.63) is 10.9 Å². The summed E-state index contributed by atoms with van der Waals surface area (Å²) in [5.74, 6) is 0.944. The third kappa shape index (κ3) is 2.29. The minimum atomic E-state index is -0.205. The van der Waals surface area contributed by atoms with Crippen molar-refractivity contribution < 1.29 is 4.79 Å². The topological polar surface area (TPSA) is 98.1 Å². The van der Waals surface area contributed by atoms with E-state index >= 15 is 0 Å². The Hall–Kier alpha value is -1.89. The van der Waals surface area contributed by atoms with Crippen LogP contribution in [0, 0.1) is 12.8 Å². The lowest BCUT2D eigenvalue weighted by Gasteiger charge is -2.31. The van der Waals surface area contributed by atoms with E-state index in [4.69, 9.17) is 11.5 Å². The molecule has 1 aliphatic heterocycles. The average Bonchev–Trinajstić information content (AvgIpc) is 2.78. The highest BCUT2D eigenvalue weighted by atomic mass is 32.1. The smallest absolute Gasteiger partial charge is 0.223 e. The van der Waals surface area contributed by atoms with Crippen LogP contribution in [0.5, 0.6) is 0 Å². The number of rotatable bonds is 2. The number of hydrogen-bond donors (Lipinski definition) is 2. The molecule has 3 rings (SSSR count). The zero-order valence-electron chi connectivity index (χ0n) is 11.3. The molecular formula is C13H17N5OS. The van der Waals surface area contributed by atoms with Crippen LogP contribution >= 0.6 is 11.3 Å². The second-order valence-corrected chi connectivity index (χ2v) is 6.38. The average molecular weight is 291 g/mol. The number of aromatic nitrogens is 2. The van der Waals surface area contributed by atoms with Gasteiger partial charge in [-0.3, -0.25) is 4.79 Å². The third-order valence-corrected chi connectivity index (χ3v) is 4.65. The van der Waals surface area contributed by atoms with Gasteiger partial charge in [-0.05, 0) is 25.8 Å². The van der Waals surface area contributed by atoms with Crippen LogP contribution in [0.25, 0.3) is 10.2 Å². The van der Waals surface area contributed by atoms with Crippen LogP contribution in [0.1, 0.15) is 17.7 Å². The standard InChI is InChI=1S/C13H17N5OS/c1-7-6-9-11(16-13(15)17-12(9)20-7)18-4-2-8(3-5-18)10(14)19/h6,8H,2-5H2,1H3,(H2,14,19)(H2,15,16,17). The number of hydrogen-bond acceptors (Lipinski definition) is 6. The summed E-state index contributed by atoms with van der Waals surface area (Å²) in [5.41, 5.74) is 11.2. The number of anilines is 2. The molecule has 0 atom stereocenters. The second kappa shape index (κ2) is 4.90. The van der Waals surface area contributed by atoms with Gasteiger partial charge in [-0.1, -0.05) is 0 Å². The summed E-state index contributed by atoms with van der Waals surface area (Å²) in [7, 11) is 0. The number of nitrogen functional groups attached to an aromatic ring is 1. The van der Waals surface area contributed by atoms with Crippen molar-refractivity contribution in [1.82, 2.24) is 9.97 Å². The van der Waals surface area contributed by atoms with Crippen LogP contribution in [0.2, 0.25) is 0 Å². The SMILES string of the molecule is Cc1cc2c(N3CCC(C(N)=O)CC3)nc(N)nc2s1. The molecule has 106 valence electrons. The normalized spacial score (nSPS) is 16.8. The highest BCUT2D eigenvalue weighted by Gasteiger charge is 2.25. The minimum Gasteiger partial charge on any atom is -0.369 e. The molecular weight excluding hydrogens is 274 g/mol. The van der Waals surface area contributed by atoms with Gasteiger partial charge in [0.05, 0.1) is 5.39 Å². The Balaban J connectivity index is 1.93. The fraction of sp³-hybridized carbons (Fsp3) is 0.462. The maximum Gasteiger partial charge on any atom is 0.223 e. The van der Waals surface area contributed by atoms with Gasteiger partial charge in [0.2, 0.25) is 11.9 Å². The molecule has 7 heteroatoms.